The van der Waals surface area contributed by atoms with Crippen LogP contribution in [0.5, 0.6) is 5.75 Å². The van der Waals surface area contributed by atoms with Crippen LogP contribution < -0.4 is 10.1 Å². The molecule has 1 aliphatic heterocycles. The Bertz CT molecular complexity index is 453. The fraction of sp³-hybridized carbons (Fsp3) is 0.500. The van der Waals surface area contributed by atoms with Crippen molar-refractivity contribution in [2.24, 2.45) is 5.92 Å². The number of likely N-dealkylation sites (tertiary alicyclic amines) is 1. The summed E-state index contributed by atoms with van der Waals surface area (Å²) >= 11 is 5.38. The van der Waals surface area contributed by atoms with Gasteiger partial charge >= 0.3 is 6.61 Å². The van der Waals surface area contributed by atoms with Crippen molar-refractivity contribution in [1.29, 1.82) is 0 Å². The molecule has 0 unspecified atom stereocenters. The fourth-order valence-corrected chi connectivity index (χ4v) is 2.58. The number of ether oxygens (including phenoxy) is 1. The third-order valence-electron chi connectivity index (χ3n) is 3.27. The fourth-order valence-electron chi connectivity index (χ4n) is 2.30. The van der Waals surface area contributed by atoms with Crippen molar-refractivity contribution in [3.63, 3.8) is 0 Å². The lowest BCUT2D eigenvalue weighted by molar-refractivity contribution is -0.0498. The van der Waals surface area contributed by atoms with Crippen LogP contribution in [0, 0.1) is 5.92 Å². The molecule has 0 spiro atoms. The molecule has 3 nitrogen and oxygen atoms in total. The molecule has 1 heterocycles. The van der Waals surface area contributed by atoms with E-state index in [1.165, 1.54) is 18.6 Å². The van der Waals surface area contributed by atoms with Crippen LogP contribution in [-0.4, -0.2) is 29.7 Å². The molecule has 0 radical (unpaired) electrons. The highest BCUT2D eigenvalue weighted by atomic mass is 32.1. The molecule has 0 saturated carbocycles. The summed E-state index contributed by atoms with van der Waals surface area (Å²) < 4.78 is 28.4. The van der Waals surface area contributed by atoms with Crippen LogP contribution in [-0.2, 0) is 0 Å². The Labute approximate surface area is 122 Å². The number of piperidine rings is 1. The van der Waals surface area contributed by atoms with Gasteiger partial charge in [0.05, 0.1) is 0 Å². The predicted molar refractivity (Wildman–Crippen MR) is 79.3 cm³/mol. The molecule has 110 valence electrons. The Kier molecular flexibility index (Phi) is 5.11. The Hall–Kier alpha value is -1.43. The molecule has 1 N–H and O–H groups in total. The number of nitrogens with zero attached hydrogens (tertiary/aromatic N) is 1. The minimum absolute atomic E-state index is 0.142. The van der Waals surface area contributed by atoms with Crippen molar-refractivity contribution in [3.05, 3.63) is 24.3 Å². The number of nitrogens with one attached hydrogen (secondary N) is 1. The number of benzene rings is 1. The molecule has 2 rings (SSSR count). The maximum absolute atomic E-state index is 12.0. The maximum atomic E-state index is 12.0. The molecular weight excluding hydrogens is 282 g/mol. The van der Waals surface area contributed by atoms with Gasteiger partial charge in [-0.05, 0) is 55.2 Å². The van der Waals surface area contributed by atoms with Crippen LogP contribution in [0.4, 0.5) is 14.5 Å². The minimum Gasteiger partial charge on any atom is -0.435 e. The van der Waals surface area contributed by atoms with Gasteiger partial charge in [0.1, 0.15) is 5.75 Å². The molecule has 0 aliphatic carbocycles. The van der Waals surface area contributed by atoms with E-state index >= 15 is 0 Å². The predicted octanol–water partition coefficient (Wildman–Crippen LogP) is 3.72. The lowest BCUT2D eigenvalue weighted by atomic mass is 10.0. The molecule has 1 saturated heterocycles. The highest BCUT2D eigenvalue weighted by Gasteiger charge is 2.18. The normalized spacial score (nSPS) is 19.0. The number of thiocarbonyl (C=S) groups is 1. The molecule has 1 fully saturated rings. The zero-order valence-electron chi connectivity index (χ0n) is 11.3. The van der Waals surface area contributed by atoms with Crippen molar-refractivity contribution in [2.45, 2.75) is 26.4 Å². The van der Waals surface area contributed by atoms with E-state index < -0.39 is 6.61 Å². The Morgan fingerprint density at radius 1 is 1.40 bits per heavy atom. The molecule has 1 aliphatic rings. The van der Waals surface area contributed by atoms with E-state index in [4.69, 9.17) is 12.2 Å². The summed E-state index contributed by atoms with van der Waals surface area (Å²) in [5, 5.41) is 3.81. The van der Waals surface area contributed by atoms with Gasteiger partial charge in [-0.3, -0.25) is 0 Å². The first-order valence-corrected chi connectivity index (χ1v) is 7.06. The Morgan fingerprint density at radius 2 is 2.10 bits per heavy atom. The topological polar surface area (TPSA) is 24.5 Å². The number of hydrogen-bond donors (Lipinski definition) is 1. The maximum Gasteiger partial charge on any atom is 0.387 e. The monoisotopic (exact) mass is 300 g/mol. The van der Waals surface area contributed by atoms with Crippen molar-refractivity contribution in [2.75, 3.05) is 18.4 Å². The lowest BCUT2D eigenvalue weighted by Gasteiger charge is -2.33. The van der Waals surface area contributed by atoms with Crippen LogP contribution in [0.15, 0.2) is 24.3 Å². The second-order valence-electron chi connectivity index (χ2n) is 5.03. The molecule has 6 heteroatoms. The number of hydrogen-bond acceptors (Lipinski definition) is 2. The van der Waals surface area contributed by atoms with Gasteiger partial charge in [0, 0.05) is 18.8 Å². The highest BCUT2D eigenvalue weighted by molar-refractivity contribution is 7.80. The molecule has 1 atom stereocenters. The summed E-state index contributed by atoms with van der Waals surface area (Å²) in [5.74, 6) is 0.786. The Morgan fingerprint density at radius 3 is 2.70 bits per heavy atom. The molecule has 0 bridgehead atoms. The van der Waals surface area contributed by atoms with Crippen molar-refractivity contribution < 1.29 is 13.5 Å². The van der Waals surface area contributed by atoms with E-state index in [-0.39, 0.29) is 5.75 Å². The minimum atomic E-state index is -2.80. The highest BCUT2D eigenvalue weighted by Crippen LogP contribution is 2.20. The number of anilines is 1. The van der Waals surface area contributed by atoms with E-state index in [2.05, 4.69) is 21.9 Å². The third kappa shape index (κ3) is 4.30. The average Bonchev–Trinajstić information content (AvgIpc) is 2.40. The van der Waals surface area contributed by atoms with Crippen LogP contribution in [0.2, 0.25) is 0 Å². The zero-order valence-corrected chi connectivity index (χ0v) is 12.1. The molecule has 20 heavy (non-hydrogen) atoms. The largest absolute Gasteiger partial charge is 0.435 e. The molecule has 1 aromatic rings. The van der Waals surface area contributed by atoms with Crippen LogP contribution in [0.3, 0.4) is 0 Å². The first-order valence-electron chi connectivity index (χ1n) is 6.65. The van der Waals surface area contributed by atoms with Gasteiger partial charge in [0.25, 0.3) is 0 Å². The second kappa shape index (κ2) is 6.83. The van der Waals surface area contributed by atoms with Gasteiger partial charge in [-0.2, -0.15) is 8.78 Å². The number of halogens is 2. The average molecular weight is 300 g/mol. The van der Waals surface area contributed by atoms with Gasteiger partial charge in [0.15, 0.2) is 5.11 Å². The summed E-state index contributed by atoms with van der Waals surface area (Å²) in [6, 6.07) is 6.35. The smallest absolute Gasteiger partial charge is 0.387 e. The molecular formula is C14H18F2N2OS. The van der Waals surface area contributed by atoms with Crippen LogP contribution >= 0.6 is 12.2 Å². The van der Waals surface area contributed by atoms with E-state index in [0.717, 1.165) is 25.2 Å². The first-order chi connectivity index (χ1) is 9.54. The van der Waals surface area contributed by atoms with Crippen molar-refractivity contribution >= 4 is 23.0 Å². The van der Waals surface area contributed by atoms with Crippen molar-refractivity contribution in [1.82, 2.24) is 4.90 Å². The standard InChI is InChI=1S/C14H18F2N2OS/c1-10-3-2-8-18(9-10)14(20)17-11-4-6-12(7-5-11)19-13(15)16/h4-7,10,13H,2-3,8-9H2,1H3,(H,17,20)/t10-/m0/s1. The first kappa shape index (κ1) is 15.0. The lowest BCUT2D eigenvalue weighted by Crippen LogP contribution is -2.41. The van der Waals surface area contributed by atoms with Gasteiger partial charge in [-0.25, -0.2) is 0 Å². The van der Waals surface area contributed by atoms with Gasteiger partial charge in [-0.15, -0.1) is 0 Å². The number of alkyl halides is 2. The van der Waals surface area contributed by atoms with E-state index in [1.807, 2.05) is 0 Å². The molecule has 0 amide bonds. The van der Waals surface area contributed by atoms with Crippen LogP contribution in [0.1, 0.15) is 19.8 Å². The van der Waals surface area contributed by atoms with E-state index in [1.54, 1.807) is 12.1 Å². The van der Waals surface area contributed by atoms with E-state index in [0.29, 0.717) is 11.0 Å². The van der Waals surface area contributed by atoms with E-state index in [9.17, 15) is 8.78 Å². The summed E-state index contributed by atoms with van der Waals surface area (Å²) in [7, 11) is 0. The molecule has 1 aromatic carbocycles. The SMILES string of the molecule is C[C@H]1CCCN(C(=S)Nc2ccc(OC(F)F)cc2)C1. The van der Waals surface area contributed by atoms with Gasteiger partial charge < -0.3 is 15.0 Å². The summed E-state index contributed by atoms with van der Waals surface area (Å²) in [6.45, 7) is 1.33. The van der Waals surface area contributed by atoms with Crippen molar-refractivity contribution in [3.8, 4) is 5.75 Å². The quantitative estimate of drug-likeness (QED) is 0.860. The Balaban J connectivity index is 1.90. The second-order valence-corrected chi connectivity index (χ2v) is 5.41. The van der Waals surface area contributed by atoms with Gasteiger partial charge in [0.2, 0.25) is 0 Å². The summed E-state index contributed by atoms with van der Waals surface area (Å²) in [5.41, 5.74) is 0.773. The summed E-state index contributed by atoms with van der Waals surface area (Å²) in [6.07, 6.45) is 2.38. The zero-order chi connectivity index (χ0) is 14.5. The number of rotatable bonds is 3. The third-order valence-corrected chi connectivity index (χ3v) is 3.64. The van der Waals surface area contributed by atoms with Gasteiger partial charge in [-0.1, -0.05) is 6.92 Å². The summed E-state index contributed by atoms with van der Waals surface area (Å²) in [4.78, 5) is 2.15. The van der Waals surface area contributed by atoms with Crippen LogP contribution in [0.25, 0.3) is 0 Å². The molecule has 0 aromatic heterocycles.